The van der Waals surface area contributed by atoms with Gasteiger partial charge in [0.15, 0.2) is 0 Å². The van der Waals surface area contributed by atoms with Crippen molar-refractivity contribution in [2.24, 2.45) is 5.92 Å². The monoisotopic (exact) mass is 342 g/mol. The minimum atomic E-state index is -0.679. The van der Waals surface area contributed by atoms with Crippen molar-refractivity contribution in [3.63, 3.8) is 0 Å². The number of carbonyl (C=O) groups is 1. The van der Waals surface area contributed by atoms with Gasteiger partial charge in [-0.3, -0.25) is 4.79 Å². The third kappa shape index (κ3) is 4.80. The van der Waals surface area contributed by atoms with Crippen molar-refractivity contribution in [1.82, 2.24) is 0 Å². The van der Waals surface area contributed by atoms with Crippen LogP contribution in [0.25, 0.3) is 0 Å². The van der Waals surface area contributed by atoms with Gasteiger partial charge in [-0.15, -0.1) is 0 Å². The second kappa shape index (κ2) is 7.64. The molecule has 0 spiro atoms. The molecule has 0 aliphatic heterocycles. The van der Waals surface area contributed by atoms with Crippen molar-refractivity contribution in [2.45, 2.75) is 31.8 Å². The fourth-order valence-electron chi connectivity index (χ4n) is 2.38. The highest BCUT2D eigenvalue weighted by molar-refractivity contribution is 9.10. The van der Waals surface area contributed by atoms with Crippen molar-refractivity contribution >= 4 is 21.9 Å². The third-order valence-corrected chi connectivity index (χ3v) is 4.07. The molecule has 0 saturated heterocycles. The van der Waals surface area contributed by atoms with Crippen molar-refractivity contribution in [3.05, 3.63) is 28.7 Å². The maximum absolute atomic E-state index is 10.8. The van der Waals surface area contributed by atoms with E-state index < -0.39 is 5.97 Å². The highest BCUT2D eigenvalue weighted by Gasteiger charge is 2.26. The van der Waals surface area contributed by atoms with Crippen LogP contribution in [0.2, 0.25) is 0 Å². The van der Waals surface area contributed by atoms with E-state index in [9.17, 15) is 4.79 Å². The highest BCUT2D eigenvalue weighted by atomic mass is 79.9. The van der Waals surface area contributed by atoms with Gasteiger partial charge < -0.3 is 14.6 Å². The Balaban J connectivity index is 1.60. The first-order valence-electron chi connectivity index (χ1n) is 6.88. The van der Waals surface area contributed by atoms with E-state index in [1.165, 1.54) is 0 Å². The Morgan fingerprint density at radius 3 is 2.40 bits per heavy atom. The van der Waals surface area contributed by atoms with Gasteiger partial charge in [0.25, 0.3) is 0 Å². The SMILES string of the molecule is O=C(O)C1CCC(OCCOc2ccc(Br)cc2)CC1. The number of rotatable bonds is 6. The lowest BCUT2D eigenvalue weighted by Gasteiger charge is -2.26. The Kier molecular flexibility index (Phi) is 5.86. The predicted octanol–water partition coefficient (Wildman–Crippen LogP) is 3.49. The van der Waals surface area contributed by atoms with E-state index >= 15 is 0 Å². The second-order valence-corrected chi connectivity index (χ2v) is 5.90. The quantitative estimate of drug-likeness (QED) is 0.804. The molecule has 1 aliphatic rings. The van der Waals surface area contributed by atoms with Crippen LogP contribution in [0.5, 0.6) is 5.75 Å². The average Bonchev–Trinajstić information content (AvgIpc) is 2.46. The lowest BCUT2D eigenvalue weighted by molar-refractivity contribution is -0.143. The molecule has 1 saturated carbocycles. The standard InChI is InChI=1S/C15H19BrO4/c16-12-3-7-14(8-4-12)20-10-9-19-13-5-1-11(2-6-13)15(17)18/h3-4,7-8,11,13H,1-2,5-6,9-10H2,(H,17,18). The van der Waals surface area contributed by atoms with Gasteiger partial charge in [0.2, 0.25) is 0 Å². The maximum atomic E-state index is 10.8. The predicted molar refractivity (Wildman–Crippen MR) is 79.0 cm³/mol. The zero-order valence-corrected chi connectivity index (χ0v) is 12.8. The molecule has 1 aromatic carbocycles. The van der Waals surface area contributed by atoms with Crippen LogP contribution in [0.1, 0.15) is 25.7 Å². The Morgan fingerprint density at radius 2 is 1.80 bits per heavy atom. The molecule has 0 heterocycles. The summed E-state index contributed by atoms with van der Waals surface area (Å²) in [5.41, 5.74) is 0. The molecule has 0 amide bonds. The lowest BCUT2D eigenvalue weighted by Crippen LogP contribution is -2.27. The van der Waals surface area contributed by atoms with E-state index in [2.05, 4.69) is 15.9 Å². The van der Waals surface area contributed by atoms with E-state index in [4.69, 9.17) is 14.6 Å². The topological polar surface area (TPSA) is 55.8 Å². The van der Waals surface area contributed by atoms with E-state index in [0.29, 0.717) is 26.1 Å². The molecule has 0 aromatic heterocycles. The molecular weight excluding hydrogens is 324 g/mol. The first kappa shape index (κ1) is 15.3. The molecule has 1 N–H and O–H groups in total. The van der Waals surface area contributed by atoms with E-state index in [-0.39, 0.29) is 12.0 Å². The largest absolute Gasteiger partial charge is 0.491 e. The van der Waals surface area contributed by atoms with Crippen LogP contribution in [0.3, 0.4) is 0 Å². The van der Waals surface area contributed by atoms with Gasteiger partial charge in [0.1, 0.15) is 12.4 Å². The molecule has 5 heteroatoms. The summed E-state index contributed by atoms with van der Waals surface area (Å²) in [6, 6.07) is 7.68. The Bertz CT molecular complexity index is 424. The highest BCUT2D eigenvalue weighted by Crippen LogP contribution is 2.26. The fraction of sp³-hybridized carbons (Fsp3) is 0.533. The molecule has 110 valence electrons. The van der Waals surface area contributed by atoms with Gasteiger partial charge in [-0.1, -0.05) is 15.9 Å². The number of carboxylic acid groups (broad SMARTS) is 1. The molecule has 20 heavy (non-hydrogen) atoms. The summed E-state index contributed by atoms with van der Waals surface area (Å²) >= 11 is 3.37. The Labute approximate surface area is 127 Å². The van der Waals surface area contributed by atoms with Gasteiger partial charge in [-0.25, -0.2) is 0 Å². The van der Waals surface area contributed by atoms with Crippen LogP contribution in [0, 0.1) is 5.92 Å². The molecule has 1 aliphatic carbocycles. The van der Waals surface area contributed by atoms with E-state index in [1.807, 2.05) is 24.3 Å². The van der Waals surface area contributed by atoms with Gasteiger partial charge in [-0.2, -0.15) is 0 Å². The number of halogens is 1. The first-order chi connectivity index (χ1) is 9.65. The summed E-state index contributed by atoms with van der Waals surface area (Å²) in [4.78, 5) is 10.8. The lowest BCUT2D eigenvalue weighted by atomic mass is 9.87. The number of aliphatic carboxylic acids is 1. The zero-order valence-electron chi connectivity index (χ0n) is 11.3. The molecule has 1 aromatic rings. The molecule has 0 radical (unpaired) electrons. The number of carboxylic acids is 1. The molecule has 0 unspecified atom stereocenters. The van der Waals surface area contributed by atoms with Gasteiger partial charge in [0, 0.05) is 4.47 Å². The Morgan fingerprint density at radius 1 is 1.15 bits per heavy atom. The smallest absolute Gasteiger partial charge is 0.306 e. The maximum Gasteiger partial charge on any atom is 0.306 e. The van der Waals surface area contributed by atoms with Gasteiger partial charge >= 0.3 is 5.97 Å². The number of ether oxygens (including phenoxy) is 2. The van der Waals surface area contributed by atoms with Crippen LogP contribution in [-0.4, -0.2) is 30.4 Å². The van der Waals surface area contributed by atoms with Crippen LogP contribution in [0.15, 0.2) is 28.7 Å². The van der Waals surface area contributed by atoms with E-state index in [0.717, 1.165) is 23.1 Å². The number of hydrogen-bond donors (Lipinski definition) is 1. The van der Waals surface area contributed by atoms with Crippen LogP contribution in [0.4, 0.5) is 0 Å². The molecule has 1 fully saturated rings. The van der Waals surface area contributed by atoms with Gasteiger partial charge in [-0.05, 0) is 49.9 Å². The summed E-state index contributed by atoms with van der Waals surface area (Å²) in [5, 5.41) is 8.92. The molecule has 2 rings (SSSR count). The third-order valence-electron chi connectivity index (χ3n) is 3.54. The van der Waals surface area contributed by atoms with Crippen LogP contribution >= 0.6 is 15.9 Å². The minimum absolute atomic E-state index is 0.180. The molecule has 0 bridgehead atoms. The van der Waals surface area contributed by atoms with Crippen LogP contribution < -0.4 is 4.74 Å². The summed E-state index contributed by atoms with van der Waals surface area (Å²) in [6.07, 6.45) is 3.27. The second-order valence-electron chi connectivity index (χ2n) is 4.99. The summed E-state index contributed by atoms with van der Waals surface area (Å²) in [5.74, 6) is -0.0396. The zero-order chi connectivity index (χ0) is 14.4. The first-order valence-corrected chi connectivity index (χ1v) is 7.67. The minimum Gasteiger partial charge on any atom is -0.491 e. The van der Waals surface area contributed by atoms with Crippen LogP contribution in [-0.2, 0) is 9.53 Å². The Hall–Kier alpha value is -1.07. The average molecular weight is 343 g/mol. The van der Waals surface area contributed by atoms with Crippen molar-refractivity contribution in [3.8, 4) is 5.75 Å². The van der Waals surface area contributed by atoms with Crippen molar-refractivity contribution in [2.75, 3.05) is 13.2 Å². The molecular formula is C15H19BrO4. The van der Waals surface area contributed by atoms with Crippen molar-refractivity contribution < 1.29 is 19.4 Å². The number of benzene rings is 1. The normalized spacial score (nSPS) is 22.4. The summed E-state index contributed by atoms with van der Waals surface area (Å²) < 4.78 is 12.3. The van der Waals surface area contributed by atoms with Crippen molar-refractivity contribution in [1.29, 1.82) is 0 Å². The van der Waals surface area contributed by atoms with Gasteiger partial charge in [0.05, 0.1) is 18.6 Å². The summed E-state index contributed by atoms with van der Waals surface area (Å²) in [6.45, 7) is 1.05. The molecule has 0 atom stereocenters. The molecule has 4 nitrogen and oxygen atoms in total. The number of hydrogen-bond acceptors (Lipinski definition) is 3. The van der Waals surface area contributed by atoms with E-state index in [1.54, 1.807) is 0 Å². The summed E-state index contributed by atoms with van der Waals surface area (Å²) in [7, 11) is 0. The fourth-order valence-corrected chi connectivity index (χ4v) is 2.65.